The number of hydrogen-bond acceptors (Lipinski definition) is 5. The van der Waals surface area contributed by atoms with Crippen LogP contribution in [-0.2, 0) is 10.1 Å². The summed E-state index contributed by atoms with van der Waals surface area (Å²) in [6, 6.07) is 31.2. The summed E-state index contributed by atoms with van der Waals surface area (Å²) in [6.45, 7) is 0. The third-order valence-electron chi connectivity index (χ3n) is 5.44. The molecular formula is C28H20N2O4S. The zero-order valence-electron chi connectivity index (χ0n) is 18.5. The number of fused-ring (bicyclic) bond motifs is 1. The molecular weight excluding hydrogens is 460 g/mol. The van der Waals surface area contributed by atoms with Crippen molar-refractivity contribution in [1.82, 2.24) is 4.98 Å². The Labute approximate surface area is 203 Å². The monoisotopic (exact) mass is 480 g/mol. The molecule has 6 nitrogen and oxygen atoms in total. The minimum absolute atomic E-state index is 0.0379. The molecule has 1 aromatic heterocycles. The van der Waals surface area contributed by atoms with Gasteiger partial charge in [-0.1, -0.05) is 54.6 Å². The van der Waals surface area contributed by atoms with Crippen LogP contribution in [0, 0.1) is 0 Å². The maximum atomic E-state index is 12.8. The molecule has 0 aliphatic carbocycles. The van der Waals surface area contributed by atoms with Gasteiger partial charge in [0, 0.05) is 28.4 Å². The first-order valence-electron chi connectivity index (χ1n) is 10.8. The maximum absolute atomic E-state index is 12.8. The van der Waals surface area contributed by atoms with Gasteiger partial charge in [-0.15, -0.1) is 0 Å². The molecule has 0 fully saturated rings. The second-order valence-corrected chi connectivity index (χ2v) is 9.33. The van der Waals surface area contributed by atoms with Crippen molar-refractivity contribution >= 4 is 32.6 Å². The highest BCUT2D eigenvalue weighted by molar-refractivity contribution is 7.87. The van der Waals surface area contributed by atoms with Crippen LogP contribution in [0.15, 0.2) is 120 Å². The summed E-state index contributed by atoms with van der Waals surface area (Å²) in [6.07, 6.45) is 1.73. The minimum atomic E-state index is -4.04. The van der Waals surface area contributed by atoms with E-state index in [1.807, 2.05) is 36.4 Å². The smallest absolute Gasteiger partial charge is 0.339 e. The van der Waals surface area contributed by atoms with Gasteiger partial charge < -0.3 is 9.50 Å². The number of anilines is 1. The first-order valence-corrected chi connectivity index (χ1v) is 12.3. The van der Waals surface area contributed by atoms with Crippen LogP contribution in [0.25, 0.3) is 22.0 Å². The fraction of sp³-hybridized carbons (Fsp3) is 0. The second kappa shape index (κ2) is 9.40. The molecule has 0 aliphatic rings. The lowest BCUT2D eigenvalue weighted by atomic mass is 10.0. The molecule has 35 heavy (non-hydrogen) atoms. The number of carbonyl (C=O) groups is 1. The number of hydrogen-bond donors (Lipinski definition) is 1. The van der Waals surface area contributed by atoms with Gasteiger partial charge in [-0.3, -0.25) is 9.78 Å². The van der Waals surface area contributed by atoms with Gasteiger partial charge in [0.05, 0.1) is 5.52 Å². The van der Waals surface area contributed by atoms with Crippen molar-refractivity contribution in [3.05, 3.63) is 121 Å². The molecule has 0 saturated heterocycles. The van der Waals surface area contributed by atoms with Gasteiger partial charge in [0.1, 0.15) is 10.6 Å². The van der Waals surface area contributed by atoms with Crippen LogP contribution in [0.5, 0.6) is 5.75 Å². The second-order valence-electron chi connectivity index (χ2n) is 7.79. The number of aromatic nitrogens is 1. The van der Waals surface area contributed by atoms with E-state index in [1.54, 1.807) is 54.7 Å². The molecule has 5 aromatic rings. The van der Waals surface area contributed by atoms with E-state index in [9.17, 15) is 13.2 Å². The Bertz CT molecular complexity index is 1590. The number of para-hydroxylation sites is 1. The first kappa shape index (κ1) is 22.3. The summed E-state index contributed by atoms with van der Waals surface area (Å²) in [5.41, 5.74) is 3.67. The summed E-state index contributed by atoms with van der Waals surface area (Å²) in [5.74, 6) is -0.113. The lowest BCUT2D eigenvalue weighted by Crippen LogP contribution is -2.12. The van der Waals surface area contributed by atoms with Crippen molar-refractivity contribution in [3.8, 4) is 16.9 Å². The van der Waals surface area contributed by atoms with E-state index in [0.717, 1.165) is 22.0 Å². The molecule has 1 heterocycles. The van der Waals surface area contributed by atoms with E-state index >= 15 is 0 Å². The molecule has 4 aromatic carbocycles. The van der Waals surface area contributed by atoms with Crippen molar-refractivity contribution < 1.29 is 17.4 Å². The van der Waals surface area contributed by atoms with Gasteiger partial charge in [0.15, 0.2) is 0 Å². The summed E-state index contributed by atoms with van der Waals surface area (Å²) < 4.78 is 30.9. The van der Waals surface area contributed by atoms with Crippen molar-refractivity contribution in [2.45, 2.75) is 4.90 Å². The molecule has 0 radical (unpaired) electrons. The predicted octanol–water partition coefficient (Wildman–Crippen LogP) is 5.92. The third-order valence-corrected chi connectivity index (χ3v) is 6.70. The summed E-state index contributed by atoms with van der Waals surface area (Å²) in [7, 11) is -4.04. The molecule has 0 atom stereocenters. The van der Waals surface area contributed by atoms with Crippen molar-refractivity contribution in [3.63, 3.8) is 0 Å². The van der Waals surface area contributed by atoms with Gasteiger partial charge in [-0.25, -0.2) is 0 Å². The third kappa shape index (κ3) is 4.90. The average Bonchev–Trinajstić information content (AvgIpc) is 2.90. The summed E-state index contributed by atoms with van der Waals surface area (Å²) >= 11 is 0. The molecule has 0 saturated carbocycles. The van der Waals surface area contributed by atoms with Gasteiger partial charge in [0.2, 0.25) is 0 Å². The Morgan fingerprint density at radius 1 is 0.743 bits per heavy atom. The molecule has 5 rings (SSSR count). The Morgan fingerprint density at radius 3 is 2.20 bits per heavy atom. The van der Waals surface area contributed by atoms with Crippen LogP contribution in [-0.4, -0.2) is 19.3 Å². The van der Waals surface area contributed by atoms with Gasteiger partial charge in [-0.2, -0.15) is 8.42 Å². The van der Waals surface area contributed by atoms with Crippen LogP contribution >= 0.6 is 0 Å². The molecule has 0 unspecified atom stereocenters. The Balaban J connectivity index is 1.30. The zero-order chi connectivity index (χ0) is 24.3. The molecule has 0 spiro atoms. The van der Waals surface area contributed by atoms with Crippen LogP contribution < -0.4 is 9.50 Å². The van der Waals surface area contributed by atoms with Gasteiger partial charge in [-0.05, 0) is 60.2 Å². The Kier molecular flexibility index (Phi) is 5.99. The standard InChI is InChI=1S/C28H20N2O4S/c31-28(22-6-2-1-3-7-22)30-23-13-15-24(16-14-23)34-35(32,33)25-17-11-20(12-18-25)26-10-4-8-21-9-5-19-29-27(21)26/h1-19H,(H,30,31). The molecule has 1 amide bonds. The Hall–Kier alpha value is -4.49. The quantitative estimate of drug-likeness (QED) is 0.305. The maximum Gasteiger partial charge on any atom is 0.339 e. The first-order chi connectivity index (χ1) is 17.0. The molecule has 0 aliphatic heterocycles. The summed E-state index contributed by atoms with van der Waals surface area (Å²) in [4.78, 5) is 16.8. The van der Waals surface area contributed by atoms with Gasteiger partial charge >= 0.3 is 10.1 Å². The van der Waals surface area contributed by atoms with Crippen LogP contribution in [0.1, 0.15) is 10.4 Å². The summed E-state index contributed by atoms with van der Waals surface area (Å²) in [5, 5.41) is 3.77. The largest absolute Gasteiger partial charge is 0.379 e. The van der Waals surface area contributed by atoms with Crippen molar-refractivity contribution in [2.24, 2.45) is 0 Å². The van der Waals surface area contributed by atoms with Crippen LogP contribution in [0.2, 0.25) is 0 Å². The fourth-order valence-electron chi connectivity index (χ4n) is 3.70. The highest BCUT2D eigenvalue weighted by Gasteiger charge is 2.17. The number of pyridine rings is 1. The lowest BCUT2D eigenvalue weighted by Gasteiger charge is -2.10. The number of nitrogens with zero attached hydrogens (tertiary/aromatic N) is 1. The molecule has 1 N–H and O–H groups in total. The SMILES string of the molecule is O=C(Nc1ccc(OS(=O)(=O)c2ccc(-c3cccc4cccnc34)cc2)cc1)c1ccccc1. The molecule has 172 valence electrons. The highest BCUT2D eigenvalue weighted by atomic mass is 32.2. The van der Waals surface area contributed by atoms with Crippen molar-refractivity contribution in [2.75, 3.05) is 5.32 Å². The number of rotatable bonds is 6. The van der Waals surface area contributed by atoms with E-state index in [1.165, 1.54) is 24.3 Å². The number of amides is 1. The number of nitrogens with one attached hydrogen (secondary N) is 1. The molecule has 7 heteroatoms. The zero-order valence-corrected chi connectivity index (χ0v) is 19.3. The van der Waals surface area contributed by atoms with E-state index in [4.69, 9.17) is 4.18 Å². The minimum Gasteiger partial charge on any atom is -0.379 e. The highest BCUT2D eigenvalue weighted by Crippen LogP contribution is 2.28. The Morgan fingerprint density at radius 2 is 1.46 bits per heavy atom. The fourth-order valence-corrected chi connectivity index (χ4v) is 4.63. The van der Waals surface area contributed by atoms with Crippen LogP contribution in [0.4, 0.5) is 5.69 Å². The van der Waals surface area contributed by atoms with Crippen molar-refractivity contribution in [1.29, 1.82) is 0 Å². The number of benzene rings is 4. The lowest BCUT2D eigenvalue weighted by molar-refractivity contribution is 0.102. The van der Waals surface area contributed by atoms with E-state index in [-0.39, 0.29) is 16.6 Å². The van der Waals surface area contributed by atoms with Crippen LogP contribution in [0.3, 0.4) is 0 Å². The van der Waals surface area contributed by atoms with E-state index in [2.05, 4.69) is 10.3 Å². The normalized spacial score (nSPS) is 11.2. The predicted molar refractivity (Wildman–Crippen MR) is 136 cm³/mol. The van der Waals surface area contributed by atoms with E-state index < -0.39 is 10.1 Å². The topological polar surface area (TPSA) is 85.4 Å². The van der Waals surface area contributed by atoms with E-state index in [0.29, 0.717) is 11.3 Å². The number of carbonyl (C=O) groups excluding carboxylic acids is 1. The molecule has 0 bridgehead atoms. The average molecular weight is 481 g/mol. The van der Waals surface area contributed by atoms with Gasteiger partial charge in [0.25, 0.3) is 5.91 Å².